The number of fused-ring (bicyclic) bond motifs is 5. The van der Waals surface area contributed by atoms with Gasteiger partial charge in [0.25, 0.3) is 0 Å². The van der Waals surface area contributed by atoms with Gasteiger partial charge in [-0.15, -0.1) is 0 Å². The molecular weight excluding hydrogens is 586 g/mol. The number of nitrogens with zero attached hydrogens (tertiary/aromatic N) is 1. The molecule has 2 aliphatic carbocycles. The molecule has 1 saturated heterocycles. The number of hydrogen-bond donors (Lipinski definition) is 0. The van der Waals surface area contributed by atoms with Crippen molar-refractivity contribution in [2.75, 3.05) is 12.0 Å². The lowest BCUT2D eigenvalue weighted by Crippen LogP contribution is -2.45. The molecule has 3 aliphatic rings. The number of carbonyl (C=O) groups excluding carboxylic acids is 4. The first-order chi connectivity index (χ1) is 23.0. The summed E-state index contributed by atoms with van der Waals surface area (Å²) in [5.41, 5.74) is 1.91. The Morgan fingerprint density at radius 3 is 1.43 bits per heavy atom. The van der Waals surface area contributed by atoms with Crippen LogP contribution in [0.25, 0.3) is 11.1 Å². The van der Waals surface area contributed by atoms with E-state index in [2.05, 4.69) is 0 Å². The van der Waals surface area contributed by atoms with Gasteiger partial charge in [-0.05, 0) is 51.6 Å². The lowest BCUT2D eigenvalue weighted by Gasteiger charge is -2.39. The van der Waals surface area contributed by atoms with E-state index >= 15 is 14.4 Å². The van der Waals surface area contributed by atoms with Gasteiger partial charge in [0.15, 0.2) is 5.78 Å². The molecule has 0 N–H and O–H groups in total. The lowest BCUT2D eigenvalue weighted by atomic mass is 9.59. The molecule has 6 heteroatoms. The van der Waals surface area contributed by atoms with Crippen molar-refractivity contribution >= 4 is 40.4 Å². The highest BCUT2D eigenvalue weighted by molar-refractivity contribution is 6.39. The number of imide groups is 1. The van der Waals surface area contributed by atoms with Crippen LogP contribution in [0.5, 0.6) is 0 Å². The second-order valence-corrected chi connectivity index (χ2v) is 12.2. The summed E-state index contributed by atoms with van der Waals surface area (Å²) in [6, 6.07) is 44.6. The molecule has 8 rings (SSSR count). The largest absolute Gasteiger partial charge is 0.465 e. The van der Waals surface area contributed by atoms with Gasteiger partial charge in [0, 0.05) is 0 Å². The van der Waals surface area contributed by atoms with Crippen LogP contribution in [0.2, 0.25) is 0 Å². The Balaban J connectivity index is 1.51. The van der Waals surface area contributed by atoms with Crippen LogP contribution >= 0.6 is 0 Å². The van der Waals surface area contributed by atoms with Gasteiger partial charge in [-0.3, -0.25) is 14.4 Å². The molecule has 1 saturated carbocycles. The summed E-state index contributed by atoms with van der Waals surface area (Å²) in [5.74, 6) is -3.80. The third-order valence-electron chi connectivity index (χ3n) is 10.1. The maximum atomic E-state index is 15.9. The van der Waals surface area contributed by atoms with E-state index in [-0.39, 0.29) is 17.0 Å². The molecule has 0 unspecified atom stereocenters. The first-order valence-corrected chi connectivity index (χ1v) is 15.6. The van der Waals surface area contributed by atoms with Crippen LogP contribution < -0.4 is 4.90 Å². The normalized spacial score (nSPS) is 24.5. The van der Waals surface area contributed by atoms with E-state index in [9.17, 15) is 4.79 Å². The molecule has 0 spiro atoms. The Morgan fingerprint density at radius 2 is 1.00 bits per heavy atom. The Morgan fingerprint density at radius 1 is 0.574 bits per heavy atom. The molecule has 1 aliphatic heterocycles. The molecule has 2 amide bonds. The third kappa shape index (κ3) is 3.67. The van der Waals surface area contributed by atoms with Crippen LogP contribution in [0.15, 0.2) is 146 Å². The molecule has 0 radical (unpaired) electrons. The number of esters is 1. The first-order valence-electron chi connectivity index (χ1n) is 15.6. The van der Waals surface area contributed by atoms with Crippen molar-refractivity contribution < 1.29 is 23.9 Å². The number of rotatable bonds is 6. The van der Waals surface area contributed by atoms with Crippen LogP contribution in [0.4, 0.5) is 5.69 Å². The van der Waals surface area contributed by atoms with E-state index < -0.39 is 40.4 Å². The minimum atomic E-state index is -1.49. The van der Waals surface area contributed by atoms with Gasteiger partial charge in [-0.25, -0.2) is 9.69 Å². The molecule has 5 aromatic carbocycles. The monoisotopic (exact) mass is 615 g/mol. The van der Waals surface area contributed by atoms with E-state index in [0.717, 1.165) is 22.3 Å². The highest BCUT2D eigenvalue weighted by Gasteiger charge is 2.82. The molecule has 228 valence electrons. The highest BCUT2D eigenvalue weighted by Crippen LogP contribution is 2.74. The number of ketones is 1. The van der Waals surface area contributed by atoms with E-state index in [1.165, 1.54) is 18.1 Å². The van der Waals surface area contributed by atoms with Gasteiger partial charge >= 0.3 is 5.97 Å². The van der Waals surface area contributed by atoms with Gasteiger partial charge in [0.2, 0.25) is 11.8 Å². The Labute approximate surface area is 271 Å². The quantitative estimate of drug-likeness (QED) is 0.158. The minimum absolute atomic E-state index is 0.181. The summed E-state index contributed by atoms with van der Waals surface area (Å²) >= 11 is 0. The van der Waals surface area contributed by atoms with Crippen LogP contribution in [-0.2, 0) is 30.0 Å². The van der Waals surface area contributed by atoms with Crippen molar-refractivity contribution in [2.45, 2.75) is 10.8 Å². The van der Waals surface area contributed by atoms with Gasteiger partial charge < -0.3 is 4.74 Å². The third-order valence-corrected chi connectivity index (χ3v) is 10.1. The Bertz CT molecular complexity index is 1990. The summed E-state index contributed by atoms with van der Waals surface area (Å²) in [6.45, 7) is 0. The fraction of sp³-hybridized carbons (Fsp3) is 0.122. The molecule has 6 nitrogen and oxygen atoms in total. The topological polar surface area (TPSA) is 80.8 Å². The fourth-order valence-corrected chi connectivity index (χ4v) is 8.48. The van der Waals surface area contributed by atoms with E-state index in [1.807, 2.05) is 121 Å². The van der Waals surface area contributed by atoms with Crippen molar-refractivity contribution in [1.29, 1.82) is 0 Å². The van der Waals surface area contributed by atoms with Gasteiger partial charge in [0.05, 0.1) is 41.0 Å². The van der Waals surface area contributed by atoms with Crippen LogP contribution in [-0.4, -0.2) is 30.7 Å². The van der Waals surface area contributed by atoms with Crippen LogP contribution in [0, 0.1) is 11.8 Å². The van der Waals surface area contributed by atoms with Crippen molar-refractivity contribution in [3.63, 3.8) is 0 Å². The Kier molecular flexibility index (Phi) is 6.44. The number of allylic oxidation sites excluding steroid dienone is 2. The number of Topliss-reactive ketones (excluding diaryl/α,β-unsaturated/α-hetero) is 1. The molecule has 1 heterocycles. The van der Waals surface area contributed by atoms with Gasteiger partial charge in [0.1, 0.15) is 0 Å². The predicted octanol–water partition coefficient (Wildman–Crippen LogP) is 6.66. The van der Waals surface area contributed by atoms with Crippen molar-refractivity contribution in [3.05, 3.63) is 173 Å². The molecule has 2 bridgehead atoms. The van der Waals surface area contributed by atoms with Crippen LogP contribution in [0.3, 0.4) is 0 Å². The minimum Gasteiger partial charge on any atom is -0.465 e. The smallest absolute Gasteiger partial charge is 0.337 e. The molecule has 47 heavy (non-hydrogen) atoms. The fourth-order valence-electron chi connectivity index (χ4n) is 8.48. The molecule has 0 aromatic heterocycles. The molecular formula is C41H29NO5. The van der Waals surface area contributed by atoms with E-state index in [0.29, 0.717) is 11.1 Å². The predicted molar refractivity (Wildman–Crippen MR) is 178 cm³/mol. The van der Waals surface area contributed by atoms with E-state index in [1.54, 1.807) is 18.2 Å². The summed E-state index contributed by atoms with van der Waals surface area (Å²) < 4.78 is 4.94. The van der Waals surface area contributed by atoms with Crippen molar-refractivity contribution in [2.24, 2.45) is 11.8 Å². The van der Waals surface area contributed by atoms with Gasteiger partial charge in [-0.1, -0.05) is 127 Å². The number of ether oxygens (including phenoxy) is 1. The average Bonchev–Trinajstić information content (AvgIpc) is 3.64. The van der Waals surface area contributed by atoms with E-state index in [4.69, 9.17) is 4.74 Å². The van der Waals surface area contributed by atoms with Crippen molar-refractivity contribution in [1.82, 2.24) is 0 Å². The SMILES string of the molecule is COC(=O)c1cccc(N2C(=O)[C@H]3[C@H](C2=O)[C@@]2(c4ccccc4)C(=O)[C@@]3(c3ccccc3)C(c3ccccc3)=C2c2ccccc2)c1. The van der Waals surface area contributed by atoms with Gasteiger partial charge in [-0.2, -0.15) is 0 Å². The number of hydrogen-bond acceptors (Lipinski definition) is 5. The summed E-state index contributed by atoms with van der Waals surface area (Å²) in [5, 5.41) is 0. The second-order valence-electron chi connectivity index (χ2n) is 12.2. The molecule has 4 atom stereocenters. The number of amides is 2. The number of methoxy groups -OCH3 is 1. The number of carbonyl (C=O) groups is 4. The first kappa shape index (κ1) is 28.6. The highest BCUT2D eigenvalue weighted by atomic mass is 16.5. The maximum Gasteiger partial charge on any atom is 0.337 e. The standard InChI is InChI=1S/C41H29NO5/c1-47-38(45)28-19-14-24-31(25-28)42-36(43)34-35(37(42)44)41(30-22-12-5-13-23-30)33(27-17-8-3-9-18-27)32(26-15-6-2-7-16-26)40(34,39(41)46)29-20-10-4-11-21-29/h2-25,34-35H,1H3/t34-,35-,40+,41+/m1/s1. The zero-order chi connectivity index (χ0) is 32.3. The lowest BCUT2D eigenvalue weighted by molar-refractivity contribution is -0.130. The molecule has 2 fully saturated rings. The summed E-state index contributed by atoms with van der Waals surface area (Å²) in [6.07, 6.45) is 0. The number of benzene rings is 5. The zero-order valence-corrected chi connectivity index (χ0v) is 25.5. The number of anilines is 1. The van der Waals surface area contributed by atoms with Crippen molar-refractivity contribution in [3.8, 4) is 0 Å². The maximum absolute atomic E-state index is 15.9. The summed E-state index contributed by atoms with van der Waals surface area (Å²) in [7, 11) is 1.28. The average molecular weight is 616 g/mol. The second kappa shape index (κ2) is 10.6. The zero-order valence-electron chi connectivity index (χ0n) is 25.5. The summed E-state index contributed by atoms with van der Waals surface area (Å²) in [4.78, 5) is 59.7. The molecule has 5 aromatic rings. The Hall–Kier alpha value is -5.88. The van der Waals surface area contributed by atoms with Crippen LogP contribution in [0.1, 0.15) is 32.6 Å².